The number of nitrogens with one attached hydrogen (secondary N) is 1. The van der Waals surface area contributed by atoms with Gasteiger partial charge in [0.1, 0.15) is 11.5 Å². The van der Waals surface area contributed by atoms with Gasteiger partial charge in [0.05, 0.1) is 12.6 Å². The molecule has 24 heavy (non-hydrogen) atoms. The molecule has 3 aromatic rings. The Morgan fingerprint density at radius 1 is 1.12 bits per heavy atom. The van der Waals surface area contributed by atoms with E-state index in [4.69, 9.17) is 4.42 Å². The van der Waals surface area contributed by atoms with Gasteiger partial charge < -0.3 is 9.73 Å². The molecule has 1 amide bonds. The SMILES string of the molecule is Cc1ccc(CN(C)[C@H](C)C(=O)Nc2ccc3ccccc3c2)o1. The summed E-state index contributed by atoms with van der Waals surface area (Å²) in [6, 6.07) is 17.7. The van der Waals surface area contributed by atoms with Crippen LogP contribution in [-0.4, -0.2) is 23.9 Å². The van der Waals surface area contributed by atoms with Gasteiger partial charge >= 0.3 is 0 Å². The summed E-state index contributed by atoms with van der Waals surface area (Å²) in [6.07, 6.45) is 0. The van der Waals surface area contributed by atoms with Crippen molar-refractivity contribution in [2.75, 3.05) is 12.4 Å². The molecule has 124 valence electrons. The molecular weight excluding hydrogens is 300 g/mol. The zero-order valence-corrected chi connectivity index (χ0v) is 14.2. The van der Waals surface area contributed by atoms with Crippen molar-refractivity contribution in [2.24, 2.45) is 0 Å². The van der Waals surface area contributed by atoms with E-state index in [1.807, 2.05) is 74.3 Å². The second-order valence-corrected chi connectivity index (χ2v) is 6.15. The predicted octanol–water partition coefficient (Wildman–Crippen LogP) is 4.20. The van der Waals surface area contributed by atoms with Gasteiger partial charge in [0.2, 0.25) is 5.91 Å². The maximum absolute atomic E-state index is 12.5. The zero-order chi connectivity index (χ0) is 17.1. The summed E-state index contributed by atoms with van der Waals surface area (Å²) in [4.78, 5) is 14.5. The zero-order valence-electron chi connectivity index (χ0n) is 14.2. The van der Waals surface area contributed by atoms with Crippen molar-refractivity contribution < 1.29 is 9.21 Å². The van der Waals surface area contributed by atoms with Crippen molar-refractivity contribution in [1.29, 1.82) is 0 Å². The van der Waals surface area contributed by atoms with E-state index in [0.717, 1.165) is 28.0 Å². The summed E-state index contributed by atoms with van der Waals surface area (Å²) in [5, 5.41) is 5.27. The molecule has 4 nitrogen and oxygen atoms in total. The first-order valence-corrected chi connectivity index (χ1v) is 8.08. The average Bonchev–Trinajstić information content (AvgIpc) is 2.98. The number of hydrogen-bond acceptors (Lipinski definition) is 3. The highest BCUT2D eigenvalue weighted by molar-refractivity contribution is 5.97. The summed E-state index contributed by atoms with van der Waals surface area (Å²) in [5.41, 5.74) is 0.813. The summed E-state index contributed by atoms with van der Waals surface area (Å²) >= 11 is 0. The molecule has 0 radical (unpaired) electrons. The Morgan fingerprint density at radius 2 is 1.88 bits per heavy atom. The molecule has 1 heterocycles. The number of amides is 1. The second kappa shape index (κ2) is 6.89. The lowest BCUT2D eigenvalue weighted by molar-refractivity contribution is -0.120. The van der Waals surface area contributed by atoms with Crippen molar-refractivity contribution in [3.8, 4) is 0 Å². The first-order valence-electron chi connectivity index (χ1n) is 8.08. The summed E-state index contributed by atoms with van der Waals surface area (Å²) < 4.78 is 5.58. The lowest BCUT2D eigenvalue weighted by atomic mass is 10.1. The fourth-order valence-electron chi connectivity index (χ4n) is 2.67. The quantitative estimate of drug-likeness (QED) is 0.766. The van der Waals surface area contributed by atoms with Crippen LogP contribution in [0.5, 0.6) is 0 Å². The largest absolute Gasteiger partial charge is 0.465 e. The third-order valence-electron chi connectivity index (χ3n) is 4.26. The molecule has 1 N–H and O–H groups in total. The monoisotopic (exact) mass is 322 g/mol. The van der Waals surface area contributed by atoms with E-state index in [-0.39, 0.29) is 11.9 Å². The molecule has 0 saturated heterocycles. The molecule has 0 aliphatic carbocycles. The summed E-state index contributed by atoms with van der Waals surface area (Å²) in [5.74, 6) is 1.71. The maximum Gasteiger partial charge on any atom is 0.241 e. The fourth-order valence-corrected chi connectivity index (χ4v) is 2.67. The van der Waals surface area contributed by atoms with Gasteiger partial charge in [0.25, 0.3) is 0 Å². The van der Waals surface area contributed by atoms with Gasteiger partial charge in [-0.2, -0.15) is 0 Å². The van der Waals surface area contributed by atoms with E-state index in [1.54, 1.807) is 0 Å². The number of nitrogens with zero attached hydrogens (tertiary/aromatic N) is 1. The third-order valence-corrected chi connectivity index (χ3v) is 4.26. The Hall–Kier alpha value is -2.59. The molecule has 0 bridgehead atoms. The third kappa shape index (κ3) is 3.66. The van der Waals surface area contributed by atoms with Crippen LogP contribution < -0.4 is 5.32 Å². The molecule has 1 aromatic heterocycles. The maximum atomic E-state index is 12.5. The highest BCUT2D eigenvalue weighted by Gasteiger charge is 2.19. The highest BCUT2D eigenvalue weighted by Crippen LogP contribution is 2.19. The lowest BCUT2D eigenvalue weighted by Crippen LogP contribution is -2.39. The normalized spacial score (nSPS) is 12.5. The second-order valence-electron chi connectivity index (χ2n) is 6.15. The van der Waals surface area contributed by atoms with Crippen LogP contribution in [-0.2, 0) is 11.3 Å². The van der Waals surface area contributed by atoms with Gasteiger partial charge in [-0.15, -0.1) is 0 Å². The van der Waals surface area contributed by atoms with E-state index < -0.39 is 0 Å². The van der Waals surface area contributed by atoms with Gasteiger partial charge in [-0.1, -0.05) is 30.3 Å². The number of aryl methyl sites for hydroxylation is 1. The molecular formula is C20H22N2O2. The minimum Gasteiger partial charge on any atom is -0.465 e. The number of rotatable bonds is 5. The molecule has 0 unspecified atom stereocenters. The van der Waals surface area contributed by atoms with E-state index in [9.17, 15) is 4.79 Å². The average molecular weight is 322 g/mol. The fraction of sp³-hybridized carbons (Fsp3) is 0.250. The first kappa shape index (κ1) is 16.3. The number of benzene rings is 2. The van der Waals surface area contributed by atoms with Gasteiger partial charge in [0, 0.05) is 5.69 Å². The Balaban J connectivity index is 1.66. The van der Waals surface area contributed by atoms with Gasteiger partial charge in [-0.05, 0) is 55.9 Å². The van der Waals surface area contributed by atoms with Crippen LogP contribution in [0.15, 0.2) is 59.0 Å². The number of likely N-dealkylation sites (N-methyl/N-ethyl adjacent to an activating group) is 1. The number of hydrogen-bond donors (Lipinski definition) is 1. The topological polar surface area (TPSA) is 45.5 Å². The standard InChI is InChI=1S/C20H22N2O2/c1-14-8-11-19(24-14)13-22(3)15(2)20(23)21-18-10-9-16-6-4-5-7-17(16)12-18/h4-12,15H,13H2,1-3H3,(H,21,23)/t15-/m1/s1. The van der Waals surface area contributed by atoms with Gasteiger partial charge in [-0.3, -0.25) is 9.69 Å². The molecule has 0 saturated carbocycles. The molecule has 1 atom stereocenters. The first-order chi connectivity index (χ1) is 11.5. The lowest BCUT2D eigenvalue weighted by Gasteiger charge is -2.23. The molecule has 0 aliphatic rings. The highest BCUT2D eigenvalue weighted by atomic mass is 16.3. The molecule has 0 aliphatic heterocycles. The van der Waals surface area contributed by atoms with Crippen molar-refractivity contribution >= 4 is 22.4 Å². The minimum absolute atomic E-state index is 0.0314. The van der Waals surface area contributed by atoms with E-state index in [2.05, 4.69) is 11.4 Å². The Kier molecular flexibility index (Phi) is 4.67. The molecule has 3 rings (SSSR count). The Bertz CT molecular complexity index is 853. The summed E-state index contributed by atoms with van der Waals surface area (Å²) in [6.45, 7) is 4.41. The van der Waals surface area contributed by atoms with Crippen LogP contribution in [0.25, 0.3) is 10.8 Å². The molecule has 2 aromatic carbocycles. The van der Waals surface area contributed by atoms with Crippen LogP contribution >= 0.6 is 0 Å². The molecule has 0 spiro atoms. The molecule has 4 heteroatoms. The number of furan rings is 1. The van der Waals surface area contributed by atoms with Crippen molar-refractivity contribution in [3.05, 3.63) is 66.1 Å². The Labute approximate surface area is 142 Å². The van der Waals surface area contributed by atoms with E-state index in [0.29, 0.717) is 6.54 Å². The smallest absolute Gasteiger partial charge is 0.241 e. The van der Waals surface area contributed by atoms with Gasteiger partial charge in [-0.25, -0.2) is 0 Å². The van der Waals surface area contributed by atoms with Crippen molar-refractivity contribution in [3.63, 3.8) is 0 Å². The predicted molar refractivity (Wildman–Crippen MR) is 97.0 cm³/mol. The van der Waals surface area contributed by atoms with E-state index >= 15 is 0 Å². The number of fused-ring (bicyclic) bond motifs is 1. The van der Waals surface area contributed by atoms with Crippen LogP contribution in [0.4, 0.5) is 5.69 Å². The molecule has 0 fully saturated rings. The van der Waals surface area contributed by atoms with Crippen molar-refractivity contribution in [2.45, 2.75) is 26.4 Å². The van der Waals surface area contributed by atoms with Crippen molar-refractivity contribution in [1.82, 2.24) is 4.90 Å². The van der Waals surface area contributed by atoms with Crippen LogP contribution in [0.2, 0.25) is 0 Å². The van der Waals surface area contributed by atoms with Crippen LogP contribution in [0, 0.1) is 6.92 Å². The number of anilines is 1. The van der Waals surface area contributed by atoms with Gasteiger partial charge in [0.15, 0.2) is 0 Å². The minimum atomic E-state index is -0.262. The van der Waals surface area contributed by atoms with Crippen LogP contribution in [0.3, 0.4) is 0 Å². The van der Waals surface area contributed by atoms with E-state index in [1.165, 1.54) is 0 Å². The summed E-state index contributed by atoms with van der Waals surface area (Å²) in [7, 11) is 1.92. The number of carbonyl (C=O) groups excluding carboxylic acids is 1. The van der Waals surface area contributed by atoms with Crippen LogP contribution in [0.1, 0.15) is 18.4 Å². The number of carbonyl (C=O) groups is 1. The Morgan fingerprint density at radius 3 is 2.58 bits per heavy atom.